The highest BCUT2D eigenvalue weighted by Gasteiger charge is 2.13. The average molecular weight is 379 g/mol. The summed E-state index contributed by atoms with van der Waals surface area (Å²) in [6.07, 6.45) is 1.88. The number of hydrogen-bond acceptors (Lipinski definition) is 4. The lowest BCUT2D eigenvalue weighted by molar-refractivity contribution is 0.0997. The van der Waals surface area contributed by atoms with E-state index < -0.39 is 17.5 Å². The normalized spacial score (nSPS) is 10.4. The molecule has 1 heterocycles. The van der Waals surface area contributed by atoms with Crippen LogP contribution in [0.15, 0.2) is 48.7 Å². The molecule has 0 unspecified atom stereocenters. The molecule has 3 rings (SSSR count). The number of ether oxygens (including phenoxy) is 1. The van der Waals surface area contributed by atoms with Gasteiger partial charge in [0.1, 0.15) is 11.8 Å². The van der Waals surface area contributed by atoms with Crippen molar-refractivity contribution in [1.82, 2.24) is 4.98 Å². The first kappa shape index (κ1) is 19.0. The molecule has 0 aliphatic rings. The van der Waals surface area contributed by atoms with Crippen LogP contribution in [0.4, 0.5) is 8.78 Å². The monoisotopic (exact) mass is 379 g/mol. The topological polar surface area (TPSA) is 89.0 Å². The zero-order chi connectivity index (χ0) is 20.3. The minimum absolute atomic E-state index is 0.258. The van der Waals surface area contributed by atoms with E-state index in [1.807, 2.05) is 0 Å². The SMILES string of the molecule is COc1cc(-c2cc(Cc3cc(F)c(F)c(C#N)c3)ccn2)ccc1C(N)=O. The van der Waals surface area contributed by atoms with E-state index in [4.69, 9.17) is 15.7 Å². The number of amides is 1. The summed E-state index contributed by atoms with van der Waals surface area (Å²) >= 11 is 0. The van der Waals surface area contributed by atoms with Gasteiger partial charge in [-0.25, -0.2) is 8.78 Å². The smallest absolute Gasteiger partial charge is 0.252 e. The van der Waals surface area contributed by atoms with Gasteiger partial charge in [0.25, 0.3) is 5.91 Å². The summed E-state index contributed by atoms with van der Waals surface area (Å²) in [5.41, 5.74) is 7.80. The van der Waals surface area contributed by atoms with E-state index in [0.29, 0.717) is 22.6 Å². The number of nitrogens with two attached hydrogens (primary N) is 1. The van der Waals surface area contributed by atoms with Gasteiger partial charge in [0, 0.05) is 11.8 Å². The molecule has 0 aliphatic carbocycles. The largest absolute Gasteiger partial charge is 0.496 e. The van der Waals surface area contributed by atoms with Crippen molar-refractivity contribution in [1.29, 1.82) is 5.26 Å². The number of primary amides is 1. The number of pyridine rings is 1. The van der Waals surface area contributed by atoms with Crippen LogP contribution in [0.1, 0.15) is 27.0 Å². The van der Waals surface area contributed by atoms with E-state index in [1.165, 1.54) is 13.2 Å². The number of carbonyl (C=O) groups is 1. The van der Waals surface area contributed by atoms with Gasteiger partial charge in [-0.15, -0.1) is 0 Å². The summed E-state index contributed by atoms with van der Waals surface area (Å²) < 4.78 is 32.4. The first-order valence-electron chi connectivity index (χ1n) is 8.24. The Morgan fingerprint density at radius 1 is 1.18 bits per heavy atom. The Kier molecular flexibility index (Phi) is 5.32. The van der Waals surface area contributed by atoms with Crippen molar-refractivity contribution < 1.29 is 18.3 Å². The Morgan fingerprint density at radius 2 is 1.96 bits per heavy atom. The third-order valence-electron chi connectivity index (χ3n) is 4.20. The Morgan fingerprint density at radius 3 is 2.64 bits per heavy atom. The minimum atomic E-state index is -1.15. The number of aromatic nitrogens is 1. The van der Waals surface area contributed by atoms with E-state index in [0.717, 1.165) is 11.6 Å². The van der Waals surface area contributed by atoms with Gasteiger partial charge in [-0.1, -0.05) is 6.07 Å². The van der Waals surface area contributed by atoms with E-state index in [9.17, 15) is 13.6 Å². The molecule has 5 nitrogen and oxygen atoms in total. The van der Waals surface area contributed by atoms with Crippen molar-refractivity contribution in [3.63, 3.8) is 0 Å². The zero-order valence-corrected chi connectivity index (χ0v) is 14.9. The molecule has 0 radical (unpaired) electrons. The van der Waals surface area contributed by atoms with Crippen molar-refractivity contribution in [3.05, 3.63) is 82.5 Å². The summed E-state index contributed by atoms with van der Waals surface area (Å²) in [7, 11) is 1.44. The number of rotatable bonds is 5. The molecule has 2 aromatic carbocycles. The Hall–Kier alpha value is -3.79. The van der Waals surface area contributed by atoms with E-state index in [2.05, 4.69) is 4.98 Å². The second-order valence-corrected chi connectivity index (χ2v) is 6.06. The van der Waals surface area contributed by atoms with Gasteiger partial charge >= 0.3 is 0 Å². The fraction of sp³-hybridized carbons (Fsp3) is 0.0952. The van der Waals surface area contributed by atoms with E-state index >= 15 is 0 Å². The molecule has 0 saturated carbocycles. The molecule has 0 bridgehead atoms. The van der Waals surface area contributed by atoms with Gasteiger partial charge in [-0.2, -0.15) is 5.26 Å². The molecule has 140 valence electrons. The number of benzene rings is 2. The van der Waals surface area contributed by atoms with Crippen LogP contribution in [0.5, 0.6) is 5.75 Å². The summed E-state index contributed by atoms with van der Waals surface area (Å²) in [5.74, 6) is -2.48. The van der Waals surface area contributed by atoms with Crippen LogP contribution in [0.25, 0.3) is 11.3 Å². The Balaban J connectivity index is 1.95. The number of nitrogens with zero attached hydrogens (tertiary/aromatic N) is 2. The predicted molar refractivity (Wildman–Crippen MR) is 98.6 cm³/mol. The van der Waals surface area contributed by atoms with Crippen LogP contribution < -0.4 is 10.5 Å². The maximum Gasteiger partial charge on any atom is 0.252 e. The summed E-state index contributed by atoms with van der Waals surface area (Å²) in [6.45, 7) is 0. The summed E-state index contributed by atoms with van der Waals surface area (Å²) in [5, 5.41) is 8.93. The zero-order valence-electron chi connectivity index (χ0n) is 14.9. The predicted octanol–water partition coefficient (Wildman–Crippen LogP) is 3.60. The molecule has 1 amide bonds. The highest BCUT2D eigenvalue weighted by molar-refractivity contribution is 5.96. The lowest BCUT2D eigenvalue weighted by Crippen LogP contribution is -2.12. The van der Waals surface area contributed by atoms with E-state index in [1.54, 1.807) is 42.6 Å². The van der Waals surface area contributed by atoms with Crippen LogP contribution in [0.2, 0.25) is 0 Å². The fourth-order valence-electron chi connectivity index (χ4n) is 2.86. The third-order valence-corrected chi connectivity index (χ3v) is 4.20. The summed E-state index contributed by atoms with van der Waals surface area (Å²) in [6, 6.07) is 12.5. The molecule has 0 spiro atoms. The maximum absolute atomic E-state index is 13.7. The van der Waals surface area contributed by atoms with Crippen LogP contribution in [-0.4, -0.2) is 18.0 Å². The highest BCUT2D eigenvalue weighted by atomic mass is 19.2. The molecule has 0 aliphatic heterocycles. The number of halogens is 2. The minimum Gasteiger partial charge on any atom is -0.496 e. The molecule has 1 aromatic heterocycles. The summed E-state index contributed by atoms with van der Waals surface area (Å²) in [4.78, 5) is 15.7. The Labute approximate surface area is 160 Å². The first-order valence-corrected chi connectivity index (χ1v) is 8.24. The van der Waals surface area contributed by atoms with Crippen LogP contribution >= 0.6 is 0 Å². The lowest BCUT2D eigenvalue weighted by Gasteiger charge is -2.10. The van der Waals surface area contributed by atoms with Gasteiger partial charge in [-0.3, -0.25) is 9.78 Å². The van der Waals surface area contributed by atoms with E-state index in [-0.39, 0.29) is 17.5 Å². The number of nitriles is 1. The second-order valence-electron chi connectivity index (χ2n) is 6.06. The highest BCUT2D eigenvalue weighted by Crippen LogP contribution is 2.27. The molecule has 2 N–H and O–H groups in total. The molecule has 7 heteroatoms. The average Bonchev–Trinajstić information content (AvgIpc) is 2.70. The van der Waals surface area contributed by atoms with Crippen molar-refractivity contribution in [2.45, 2.75) is 6.42 Å². The quantitative estimate of drug-likeness (QED) is 0.734. The Bertz CT molecular complexity index is 1110. The molecule has 0 atom stereocenters. The molecule has 28 heavy (non-hydrogen) atoms. The number of methoxy groups -OCH3 is 1. The van der Waals surface area contributed by atoms with Gasteiger partial charge in [0.2, 0.25) is 0 Å². The number of hydrogen-bond donors (Lipinski definition) is 1. The molecule has 0 saturated heterocycles. The van der Waals surface area contributed by atoms with Crippen molar-refractivity contribution in [3.8, 4) is 23.1 Å². The molecular formula is C21H15F2N3O2. The third kappa shape index (κ3) is 3.81. The van der Waals surface area contributed by atoms with Crippen LogP contribution in [-0.2, 0) is 6.42 Å². The van der Waals surface area contributed by atoms with Crippen molar-refractivity contribution in [2.24, 2.45) is 5.73 Å². The fourth-order valence-corrected chi connectivity index (χ4v) is 2.86. The maximum atomic E-state index is 13.7. The van der Waals surface area contributed by atoms with Gasteiger partial charge in [0.05, 0.1) is 23.9 Å². The standard InChI is InChI=1S/C21H15F2N3O2/c1-28-19-10-14(2-3-16(19)21(25)27)18-9-12(4-5-26-18)6-13-7-15(11-24)20(23)17(22)8-13/h2-5,7-10H,6H2,1H3,(H2,25,27). The van der Waals surface area contributed by atoms with Crippen molar-refractivity contribution in [2.75, 3.05) is 7.11 Å². The molecular weight excluding hydrogens is 364 g/mol. The van der Waals surface area contributed by atoms with Crippen LogP contribution in [0.3, 0.4) is 0 Å². The van der Waals surface area contributed by atoms with Gasteiger partial charge < -0.3 is 10.5 Å². The van der Waals surface area contributed by atoms with Gasteiger partial charge in [0.15, 0.2) is 11.6 Å². The van der Waals surface area contributed by atoms with Crippen LogP contribution in [0, 0.1) is 23.0 Å². The molecule has 3 aromatic rings. The number of carbonyl (C=O) groups excluding carboxylic acids is 1. The second kappa shape index (κ2) is 7.84. The first-order chi connectivity index (χ1) is 13.4. The van der Waals surface area contributed by atoms with Crippen molar-refractivity contribution >= 4 is 5.91 Å². The lowest BCUT2D eigenvalue weighted by atomic mass is 10.0. The van der Waals surface area contributed by atoms with Gasteiger partial charge in [-0.05, 0) is 53.9 Å². The molecule has 0 fully saturated rings.